The number of halogens is 4. The highest BCUT2D eigenvalue weighted by atomic mass is 19.4. The van der Waals surface area contributed by atoms with E-state index in [1.54, 1.807) is 23.3 Å². The van der Waals surface area contributed by atoms with Gasteiger partial charge in [-0.25, -0.2) is 18.9 Å². The molecular weight excluding hydrogens is 472 g/mol. The number of rotatable bonds is 3. The first-order valence-corrected chi connectivity index (χ1v) is 10.6. The number of imide groups is 1. The molecule has 3 heterocycles. The second-order valence-corrected chi connectivity index (χ2v) is 8.19. The van der Waals surface area contributed by atoms with Crippen LogP contribution in [0, 0.1) is 12.7 Å². The van der Waals surface area contributed by atoms with E-state index in [2.05, 4.69) is 25.6 Å². The van der Waals surface area contributed by atoms with E-state index in [9.17, 15) is 27.2 Å². The third kappa shape index (κ3) is 4.87. The highest BCUT2D eigenvalue weighted by molar-refractivity contribution is 6.06. The number of hydrogen-bond acceptors (Lipinski definition) is 6. The van der Waals surface area contributed by atoms with Crippen molar-refractivity contribution in [2.75, 3.05) is 43.6 Å². The van der Waals surface area contributed by atoms with Crippen molar-refractivity contribution in [3.63, 3.8) is 0 Å². The summed E-state index contributed by atoms with van der Waals surface area (Å²) in [7, 11) is 3.71. The van der Waals surface area contributed by atoms with E-state index in [1.165, 1.54) is 6.20 Å². The zero-order valence-corrected chi connectivity index (χ0v) is 19.1. The third-order valence-electron chi connectivity index (χ3n) is 5.66. The molecule has 0 aliphatic carbocycles. The summed E-state index contributed by atoms with van der Waals surface area (Å²) >= 11 is 0. The van der Waals surface area contributed by atoms with E-state index < -0.39 is 29.5 Å². The number of alkyl halides is 3. The fourth-order valence-corrected chi connectivity index (χ4v) is 3.92. The van der Waals surface area contributed by atoms with Crippen molar-refractivity contribution in [2.24, 2.45) is 7.05 Å². The maximum absolute atomic E-state index is 13.5. The molecule has 0 atom stereocenters. The number of nitrogens with one attached hydrogen (secondary N) is 2. The Bertz CT molecular complexity index is 1300. The van der Waals surface area contributed by atoms with Crippen LogP contribution in [0.5, 0.6) is 0 Å². The Labute approximate surface area is 197 Å². The minimum absolute atomic E-state index is 0.0448. The fourth-order valence-electron chi connectivity index (χ4n) is 3.92. The lowest BCUT2D eigenvalue weighted by atomic mass is 10.2. The first kappa shape index (κ1) is 24.3. The van der Waals surface area contributed by atoms with E-state index >= 15 is 0 Å². The SMILES string of the molecule is Cc1nn(C)c2ncc(C(=O)NC(=O)Nc3ccc(F)c(C(F)(F)F)c3)[n+](N3CCN(C)CC3)c12. The van der Waals surface area contributed by atoms with E-state index in [0.29, 0.717) is 42.1 Å². The molecule has 1 fully saturated rings. The molecule has 10 nitrogen and oxygen atoms in total. The van der Waals surface area contributed by atoms with Crippen molar-refractivity contribution in [1.82, 2.24) is 25.0 Å². The van der Waals surface area contributed by atoms with Gasteiger partial charge in [0.2, 0.25) is 5.65 Å². The molecule has 2 aromatic heterocycles. The van der Waals surface area contributed by atoms with E-state index in [0.717, 1.165) is 19.2 Å². The molecular formula is C21H23F4N8O2+. The summed E-state index contributed by atoms with van der Waals surface area (Å²) in [6.45, 7) is 4.44. The summed E-state index contributed by atoms with van der Waals surface area (Å²) in [5.41, 5.74) is -0.0572. The van der Waals surface area contributed by atoms with Gasteiger partial charge in [0.1, 0.15) is 17.7 Å². The number of piperazine rings is 1. The Kier molecular flexibility index (Phi) is 6.32. The van der Waals surface area contributed by atoms with Gasteiger partial charge < -0.3 is 10.2 Å². The number of carbonyl (C=O) groups excluding carboxylic acids is 2. The lowest BCUT2D eigenvalue weighted by Crippen LogP contribution is -2.67. The van der Waals surface area contributed by atoms with Crippen LogP contribution in [0.2, 0.25) is 0 Å². The van der Waals surface area contributed by atoms with Crippen molar-refractivity contribution in [1.29, 1.82) is 0 Å². The van der Waals surface area contributed by atoms with Crippen molar-refractivity contribution in [2.45, 2.75) is 13.1 Å². The van der Waals surface area contributed by atoms with Crippen LogP contribution in [-0.4, -0.2) is 64.8 Å². The third-order valence-corrected chi connectivity index (χ3v) is 5.66. The number of fused-ring (bicyclic) bond motifs is 1. The average molecular weight is 495 g/mol. The quantitative estimate of drug-likeness (QED) is 0.423. The number of anilines is 1. The predicted octanol–water partition coefficient (Wildman–Crippen LogP) is 1.57. The predicted molar refractivity (Wildman–Crippen MR) is 117 cm³/mol. The first-order valence-electron chi connectivity index (χ1n) is 10.6. The number of benzene rings is 1. The summed E-state index contributed by atoms with van der Waals surface area (Å²) in [4.78, 5) is 32.0. The minimum atomic E-state index is -4.94. The number of amides is 3. The van der Waals surface area contributed by atoms with Crippen molar-refractivity contribution in [3.8, 4) is 0 Å². The molecule has 0 saturated carbocycles. The minimum Gasteiger partial charge on any atom is -0.308 e. The Hall–Kier alpha value is -3.81. The average Bonchev–Trinajstić information content (AvgIpc) is 3.07. The summed E-state index contributed by atoms with van der Waals surface area (Å²) < 4.78 is 55.6. The van der Waals surface area contributed by atoms with Crippen LogP contribution in [0.3, 0.4) is 0 Å². The van der Waals surface area contributed by atoms with Gasteiger partial charge in [-0.1, -0.05) is 4.68 Å². The summed E-state index contributed by atoms with van der Waals surface area (Å²) in [6, 6.07) is 0.926. The molecule has 1 aromatic carbocycles. The van der Waals surface area contributed by atoms with Crippen LogP contribution in [0.15, 0.2) is 24.4 Å². The molecule has 0 bridgehead atoms. The fraction of sp³-hybridized carbons (Fsp3) is 0.381. The van der Waals surface area contributed by atoms with E-state index in [-0.39, 0.29) is 11.4 Å². The van der Waals surface area contributed by atoms with Crippen LogP contribution in [0.1, 0.15) is 21.7 Å². The maximum Gasteiger partial charge on any atom is 0.419 e. The van der Waals surface area contributed by atoms with Crippen molar-refractivity contribution < 1.29 is 31.8 Å². The van der Waals surface area contributed by atoms with Crippen LogP contribution in [0.4, 0.5) is 28.0 Å². The summed E-state index contributed by atoms with van der Waals surface area (Å²) in [6.07, 6.45) is -3.63. The number of carbonyl (C=O) groups is 2. The highest BCUT2D eigenvalue weighted by Crippen LogP contribution is 2.33. The summed E-state index contributed by atoms with van der Waals surface area (Å²) in [5.74, 6) is -2.30. The van der Waals surface area contributed by atoms with Crippen molar-refractivity contribution in [3.05, 3.63) is 47.2 Å². The number of hydrogen-bond donors (Lipinski definition) is 2. The molecule has 14 heteroatoms. The van der Waals surface area contributed by atoms with Gasteiger partial charge in [0.25, 0.3) is 0 Å². The van der Waals surface area contributed by atoms with Gasteiger partial charge in [0, 0.05) is 25.8 Å². The smallest absolute Gasteiger partial charge is 0.308 e. The molecule has 2 N–H and O–H groups in total. The zero-order chi connectivity index (χ0) is 25.5. The second-order valence-electron chi connectivity index (χ2n) is 8.19. The molecule has 3 amide bonds. The van der Waals surface area contributed by atoms with Crippen LogP contribution in [0.25, 0.3) is 11.2 Å². The largest absolute Gasteiger partial charge is 0.419 e. The van der Waals surface area contributed by atoms with Gasteiger partial charge in [-0.2, -0.15) is 23.3 Å². The first-order chi connectivity index (χ1) is 16.5. The zero-order valence-electron chi connectivity index (χ0n) is 19.1. The molecule has 0 unspecified atom stereocenters. The molecule has 35 heavy (non-hydrogen) atoms. The second kappa shape index (κ2) is 9.09. The van der Waals surface area contributed by atoms with Gasteiger partial charge >= 0.3 is 29.3 Å². The lowest BCUT2D eigenvalue weighted by Gasteiger charge is -2.29. The van der Waals surface area contributed by atoms with Crippen LogP contribution < -0.4 is 20.3 Å². The molecule has 0 radical (unpaired) electrons. The Morgan fingerprint density at radius 3 is 2.46 bits per heavy atom. The molecule has 3 aromatic rings. The number of aromatic nitrogens is 4. The molecule has 1 saturated heterocycles. The Morgan fingerprint density at radius 1 is 1.11 bits per heavy atom. The number of nitrogens with zero attached hydrogens (tertiary/aromatic N) is 6. The van der Waals surface area contributed by atoms with E-state index in [4.69, 9.17) is 0 Å². The number of likely N-dealkylation sites (N-methyl/N-ethyl adjacent to an activating group) is 1. The monoisotopic (exact) mass is 495 g/mol. The van der Waals surface area contributed by atoms with Crippen LogP contribution >= 0.6 is 0 Å². The Balaban J connectivity index is 1.62. The van der Waals surface area contributed by atoms with Gasteiger partial charge in [-0.05, 0) is 32.2 Å². The molecule has 4 rings (SSSR count). The van der Waals surface area contributed by atoms with Gasteiger partial charge in [-0.15, -0.1) is 0 Å². The van der Waals surface area contributed by atoms with Gasteiger partial charge in [-0.3, -0.25) is 10.1 Å². The van der Waals surface area contributed by atoms with Crippen LogP contribution in [-0.2, 0) is 13.2 Å². The maximum atomic E-state index is 13.5. The molecule has 0 spiro atoms. The van der Waals surface area contributed by atoms with E-state index in [1.807, 2.05) is 12.1 Å². The molecule has 1 aliphatic rings. The van der Waals surface area contributed by atoms with Crippen molar-refractivity contribution >= 4 is 28.8 Å². The van der Waals surface area contributed by atoms with Gasteiger partial charge in [0.05, 0.1) is 18.7 Å². The normalized spacial score (nSPS) is 14.9. The topological polar surface area (TPSA) is 99.3 Å². The molecule has 1 aliphatic heterocycles. The van der Waals surface area contributed by atoms with Gasteiger partial charge in [0.15, 0.2) is 0 Å². The standard InChI is InChI=1S/C21H22F4N8O2/c1-12-17-18(31(3)29-12)26-11-16(33(17)32-8-6-30(2)7-9-32)19(34)28-20(35)27-13-4-5-15(22)14(10-13)21(23,24)25/h4-5,10-11H,6-9H2,1-3H3,(H-,27,28,34,35)/p+1. The summed E-state index contributed by atoms with van der Waals surface area (Å²) in [5, 5.41) is 10.6. The highest BCUT2D eigenvalue weighted by Gasteiger charge is 2.36. The Morgan fingerprint density at radius 2 is 1.80 bits per heavy atom. The number of aryl methyl sites for hydroxylation is 2. The lowest BCUT2D eigenvalue weighted by molar-refractivity contribution is -0.671. The number of urea groups is 1. The molecule has 186 valence electrons.